The highest BCUT2D eigenvalue weighted by Gasteiger charge is 2.12. The molecular weight excluding hydrogens is 361 g/mol. The summed E-state index contributed by atoms with van der Waals surface area (Å²) >= 11 is 0. The van der Waals surface area contributed by atoms with E-state index in [1.165, 1.54) is 12.1 Å². The number of nitrogens with zero attached hydrogens (tertiary/aromatic N) is 1. The molecule has 25 heavy (non-hydrogen) atoms. The molecule has 2 rings (SSSR count). The molecule has 4 N–H and O–H groups in total. The minimum Gasteiger partial charge on any atom is -0.410 e. The largest absolute Gasteiger partial charge is 0.410 e. The molecule has 0 unspecified atom stereocenters. The average molecular weight is 379 g/mol. The number of carbonyl (C=O) groups is 1. The maximum Gasteiger partial charge on any atom is 0.269 e. The van der Waals surface area contributed by atoms with Gasteiger partial charge in [-0.2, -0.15) is 0 Å². The molecule has 0 radical (unpaired) electrons. The van der Waals surface area contributed by atoms with Crippen LogP contribution in [-0.2, 0) is 11.2 Å². The number of halogens is 1. The van der Waals surface area contributed by atoms with Crippen LogP contribution in [0.3, 0.4) is 0 Å². The van der Waals surface area contributed by atoms with Gasteiger partial charge in [-0.05, 0) is 42.0 Å². The fraction of sp³-hybridized carbons (Fsp3) is 0.176. The monoisotopic (exact) mass is 379 g/mol. The van der Waals surface area contributed by atoms with Crippen molar-refractivity contribution in [1.82, 2.24) is 5.32 Å². The molecule has 0 aromatic heterocycles. The lowest BCUT2D eigenvalue weighted by molar-refractivity contribution is -0.114. The van der Waals surface area contributed by atoms with Crippen molar-refractivity contribution in [3.8, 4) is 0 Å². The van der Waals surface area contributed by atoms with Crippen LogP contribution in [0.4, 0.5) is 10.1 Å². The van der Waals surface area contributed by atoms with Gasteiger partial charge in [0.05, 0.1) is 0 Å². The second-order valence-electron chi connectivity index (χ2n) is 5.08. The van der Waals surface area contributed by atoms with Crippen molar-refractivity contribution in [2.75, 3.05) is 18.0 Å². The number of nitrogens with one attached hydrogen (secondary N) is 1. The van der Waals surface area contributed by atoms with Gasteiger partial charge in [0, 0.05) is 29.3 Å². The van der Waals surface area contributed by atoms with E-state index >= 15 is 0 Å². The topological polar surface area (TPSA) is 87.7 Å². The van der Waals surface area contributed by atoms with E-state index in [9.17, 15) is 9.18 Å². The van der Waals surface area contributed by atoms with Gasteiger partial charge in [-0.15, -0.1) is 0 Å². The van der Waals surface area contributed by atoms with Crippen LogP contribution < -0.4 is 11.1 Å². The lowest BCUT2D eigenvalue weighted by atomic mass is 10.1. The molecule has 2 aromatic rings. The molecule has 0 aliphatic heterocycles. The number of benzene rings is 2. The van der Waals surface area contributed by atoms with Gasteiger partial charge in [-0.25, -0.2) is 4.39 Å². The molecule has 0 fully saturated rings. The molecule has 0 heterocycles. The number of rotatable bonds is 8. The SMILES string of the molecule is Nc1ccc(SSCCNC(=O)/C(Cc2ccc(F)cc2)=N/O)cc1. The van der Waals surface area contributed by atoms with E-state index < -0.39 is 5.91 Å². The first-order valence-electron chi connectivity index (χ1n) is 7.47. The summed E-state index contributed by atoms with van der Waals surface area (Å²) in [7, 11) is 3.19. The molecule has 132 valence electrons. The number of nitrogens with two attached hydrogens (primary N) is 1. The van der Waals surface area contributed by atoms with E-state index in [-0.39, 0.29) is 17.9 Å². The third-order valence-electron chi connectivity index (χ3n) is 3.17. The van der Waals surface area contributed by atoms with Crippen LogP contribution in [-0.4, -0.2) is 29.1 Å². The van der Waals surface area contributed by atoms with Gasteiger partial charge < -0.3 is 16.3 Å². The summed E-state index contributed by atoms with van der Waals surface area (Å²) in [5, 5.41) is 14.8. The molecule has 8 heteroatoms. The van der Waals surface area contributed by atoms with Crippen LogP contribution in [0.25, 0.3) is 0 Å². The van der Waals surface area contributed by atoms with Crippen molar-refractivity contribution in [2.24, 2.45) is 5.16 Å². The Labute approximate surface area is 153 Å². The predicted molar refractivity (Wildman–Crippen MR) is 102 cm³/mol. The van der Waals surface area contributed by atoms with E-state index in [0.717, 1.165) is 10.6 Å². The Kier molecular flexibility index (Phi) is 7.62. The molecule has 1 amide bonds. The van der Waals surface area contributed by atoms with E-state index in [1.807, 2.05) is 24.3 Å². The number of amides is 1. The smallest absolute Gasteiger partial charge is 0.269 e. The normalized spacial score (nSPS) is 11.3. The maximum atomic E-state index is 12.9. The Bertz CT molecular complexity index is 722. The Balaban J connectivity index is 1.71. The van der Waals surface area contributed by atoms with Crippen molar-refractivity contribution in [3.63, 3.8) is 0 Å². The minimum absolute atomic E-state index is 0.0113. The first-order chi connectivity index (χ1) is 12.1. The van der Waals surface area contributed by atoms with Crippen LogP contribution >= 0.6 is 21.6 Å². The van der Waals surface area contributed by atoms with Gasteiger partial charge >= 0.3 is 0 Å². The van der Waals surface area contributed by atoms with Crippen LogP contribution in [0, 0.1) is 5.82 Å². The lowest BCUT2D eigenvalue weighted by Crippen LogP contribution is -2.33. The summed E-state index contributed by atoms with van der Waals surface area (Å²) < 4.78 is 12.9. The highest BCUT2D eigenvalue weighted by atomic mass is 33.1. The Hall–Kier alpha value is -2.19. The van der Waals surface area contributed by atoms with E-state index in [2.05, 4.69) is 10.5 Å². The van der Waals surface area contributed by atoms with Gasteiger partial charge in [-0.1, -0.05) is 38.9 Å². The second-order valence-corrected chi connectivity index (χ2v) is 7.57. The summed E-state index contributed by atoms with van der Waals surface area (Å²) in [6.07, 6.45) is 0.135. The second kappa shape index (κ2) is 9.95. The molecule has 0 aliphatic carbocycles. The first kappa shape index (κ1) is 19.1. The zero-order valence-electron chi connectivity index (χ0n) is 13.3. The highest BCUT2D eigenvalue weighted by molar-refractivity contribution is 8.76. The number of oxime groups is 1. The van der Waals surface area contributed by atoms with Gasteiger partial charge in [-0.3, -0.25) is 4.79 Å². The van der Waals surface area contributed by atoms with Crippen LogP contribution in [0.15, 0.2) is 58.6 Å². The van der Waals surface area contributed by atoms with Crippen LogP contribution in [0.1, 0.15) is 5.56 Å². The average Bonchev–Trinajstić information content (AvgIpc) is 2.62. The summed E-state index contributed by atoms with van der Waals surface area (Å²) in [6.45, 7) is 0.438. The summed E-state index contributed by atoms with van der Waals surface area (Å²) in [5.74, 6) is -0.105. The highest BCUT2D eigenvalue weighted by Crippen LogP contribution is 2.30. The number of hydrogen-bond donors (Lipinski definition) is 3. The fourth-order valence-electron chi connectivity index (χ4n) is 1.90. The lowest BCUT2D eigenvalue weighted by Gasteiger charge is -2.07. The summed E-state index contributed by atoms with van der Waals surface area (Å²) in [4.78, 5) is 13.1. The molecule has 2 aromatic carbocycles. The van der Waals surface area contributed by atoms with E-state index in [4.69, 9.17) is 10.9 Å². The third-order valence-corrected chi connectivity index (χ3v) is 5.56. The quantitative estimate of drug-likeness (QED) is 0.164. The van der Waals surface area contributed by atoms with Gasteiger partial charge in [0.2, 0.25) is 0 Å². The molecule has 0 bridgehead atoms. The van der Waals surface area contributed by atoms with Crippen LogP contribution in [0.5, 0.6) is 0 Å². The summed E-state index contributed by atoms with van der Waals surface area (Å²) in [5.41, 5.74) is 7.03. The van der Waals surface area contributed by atoms with Gasteiger partial charge in [0.15, 0.2) is 0 Å². The Morgan fingerprint density at radius 2 is 1.84 bits per heavy atom. The van der Waals surface area contributed by atoms with Gasteiger partial charge in [0.25, 0.3) is 5.91 Å². The number of hydrogen-bond acceptors (Lipinski definition) is 6. The molecule has 0 atom stereocenters. The number of anilines is 1. The van der Waals surface area contributed by atoms with Crippen LogP contribution in [0.2, 0.25) is 0 Å². The fourth-order valence-corrected chi connectivity index (χ4v) is 3.79. The van der Waals surface area contributed by atoms with Crippen molar-refractivity contribution < 1.29 is 14.4 Å². The first-order valence-corrected chi connectivity index (χ1v) is 9.79. The van der Waals surface area contributed by atoms with Crippen molar-refractivity contribution in [1.29, 1.82) is 0 Å². The summed E-state index contributed by atoms with van der Waals surface area (Å²) in [6, 6.07) is 13.2. The zero-order chi connectivity index (χ0) is 18.1. The third kappa shape index (κ3) is 6.67. The molecule has 0 saturated carbocycles. The zero-order valence-corrected chi connectivity index (χ0v) is 14.9. The molecule has 5 nitrogen and oxygen atoms in total. The van der Waals surface area contributed by atoms with Crippen molar-refractivity contribution in [2.45, 2.75) is 11.3 Å². The van der Waals surface area contributed by atoms with Crippen molar-refractivity contribution >= 4 is 38.9 Å². The minimum atomic E-state index is -0.440. The van der Waals surface area contributed by atoms with E-state index in [1.54, 1.807) is 33.7 Å². The molecule has 0 aliphatic rings. The van der Waals surface area contributed by atoms with Gasteiger partial charge in [0.1, 0.15) is 11.5 Å². The number of carbonyl (C=O) groups excluding carboxylic acids is 1. The molecule has 0 saturated heterocycles. The Morgan fingerprint density at radius 3 is 2.48 bits per heavy atom. The predicted octanol–water partition coefficient (Wildman–Crippen LogP) is 3.34. The maximum absolute atomic E-state index is 12.9. The molecule has 0 spiro atoms. The van der Waals surface area contributed by atoms with E-state index in [0.29, 0.717) is 17.9 Å². The molecular formula is C17H18FN3O2S2. The Morgan fingerprint density at radius 1 is 1.16 bits per heavy atom. The van der Waals surface area contributed by atoms with Crippen molar-refractivity contribution in [3.05, 3.63) is 59.9 Å². The number of nitrogen functional groups attached to an aromatic ring is 1. The standard InChI is InChI=1S/C17H18FN3O2S2/c18-13-3-1-12(2-4-13)11-16(21-23)17(22)20-9-10-24-25-15-7-5-14(19)6-8-15/h1-8,23H,9-11,19H2,(H,20,22)/b21-16+.